The number of Topliss-reactive ketones (excluding diaryl/α,β-unsaturated/α-hetero) is 1. The molecule has 0 aliphatic rings. The number of ketones is 1. The summed E-state index contributed by atoms with van der Waals surface area (Å²) >= 11 is 0. The summed E-state index contributed by atoms with van der Waals surface area (Å²) in [5.41, 5.74) is 1.19. The average Bonchev–Trinajstić information content (AvgIpc) is 2.36. The van der Waals surface area contributed by atoms with Crippen LogP contribution < -0.4 is 5.32 Å². The van der Waals surface area contributed by atoms with Gasteiger partial charge in [-0.25, -0.2) is 4.79 Å². The molecule has 0 aliphatic carbocycles. The number of hydrogen-bond donors (Lipinski definition) is 1. The van der Waals surface area contributed by atoms with Crippen LogP contribution >= 0.6 is 0 Å². The fourth-order valence-electron chi connectivity index (χ4n) is 1.55. The van der Waals surface area contributed by atoms with E-state index >= 15 is 0 Å². The number of nitriles is 1. The molecule has 0 aromatic heterocycles. The molecule has 5 nitrogen and oxygen atoms in total. The average molecular weight is 259 g/mol. The Morgan fingerprint density at radius 3 is 2.32 bits per heavy atom. The predicted octanol–water partition coefficient (Wildman–Crippen LogP) is 2.66. The van der Waals surface area contributed by atoms with Crippen molar-refractivity contribution in [2.75, 3.05) is 11.9 Å². The first-order valence-electron chi connectivity index (χ1n) is 6.01. The molecule has 19 heavy (non-hydrogen) atoms. The molecule has 0 saturated carbocycles. The molecule has 1 aromatic carbocycles. The summed E-state index contributed by atoms with van der Waals surface area (Å²) in [6, 6.07) is 8.22. The van der Waals surface area contributed by atoms with Crippen molar-refractivity contribution in [2.45, 2.75) is 26.8 Å². The zero-order valence-corrected chi connectivity index (χ0v) is 11.3. The molecule has 0 fully saturated rings. The number of carbonyl (C=O) groups excluding carboxylic acids is 2. The van der Waals surface area contributed by atoms with Crippen molar-refractivity contribution in [1.29, 1.82) is 5.26 Å². The van der Waals surface area contributed by atoms with Gasteiger partial charge in [-0.3, -0.25) is 4.79 Å². The Labute approximate surface area is 112 Å². The lowest BCUT2D eigenvalue weighted by atomic mass is 10.1. The maximum absolute atomic E-state index is 12.0. The van der Waals surface area contributed by atoms with Crippen LogP contribution in [0, 0.1) is 11.3 Å². The number of amides is 2. The van der Waals surface area contributed by atoms with E-state index in [1.165, 1.54) is 11.8 Å². The Morgan fingerprint density at radius 1 is 1.32 bits per heavy atom. The maximum Gasteiger partial charge on any atom is 0.322 e. The fraction of sp³-hybridized carbons (Fsp3) is 0.357. The monoisotopic (exact) mass is 259 g/mol. The van der Waals surface area contributed by atoms with Crippen molar-refractivity contribution < 1.29 is 9.59 Å². The first-order valence-corrected chi connectivity index (χ1v) is 6.01. The van der Waals surface area contributed by atoms with Crippen molar-refractivity contribution >= 4 is 17.5 Å². The highest BCUT2D eigenvalue weighted by Crippen LogP contribution is 2.11. The molecule has 1 N–H and O–H groups in total. The number of rotatable bonds is 4. The normalized spacial score (nSPS) is 9.84. The van der Waals surface area contributed by atoms with Crippen molar-refractivity contribution in [3.8, 4) is 6.07 Å². The summed E-state index contributed by atoms with van der Waals surface area (Å²) in [6.07, 6.45) is 0. The van der Waals surface area contributed by atoms with Gasteiger partial charge in [0.25, 0.3) is 0 Å². The van der Waals surface area contributed by atoms with Gasteiger partial charge in [0, 0.05) is 17.3 Å². The number of carbonyl (C=O) groups is 2. The van der Waals surface area contributed by atoms with Gasteiger partial charge in [0.1, 0.15) is 6.54 Å². The first kappa shape index (κ1) is 14.7. The van der Waals surface area contributed by atoms with Crippen molar-refractivity contribution in [3.05, 3.63) is 29.8 Å². The van der Waals surface area contributed by atoms with Crippen molar-refractivity contribution in [2.24, 2.45) is 0 Å². The lowest BCUT2D eigenvalue weighted by molar-refractivity contribution is 0.101. The molecule has 5 heteroatoms. The highest BCUT2D eigenvalue weighted by atomic mass is 16.2. The van der Waals surface area contributed by atoms with Gasteiger partial charge in [-0.15, -0.1) is 0 Å². The molecule has 0 radical (unpaired) electrons. The highest BCUT2D eigenvalue weighted by Gasteiger charge is 2.16. The van der Waals surface area contributed by atoms with Crippen LogP contribution in [0.15, 0.2) is 24.3 Å². The molecule has 2 amide bonds. The number of urea groups is 1. The van der Waals surface area contributed by atoms with E-state index < -0.39 is 0 Å². The van der Waals surface area contributed by atoms with Crippen LogP contribution in [0.2, 0.25) is 0 Å². The summed E-state index contributed by atoms with van der Waals surface area (Å²) in [6.45, 7) is 5.21. The molecule has 0 saturated heterocycles. The Morgan fingerprint density at radius 2 is 1.89 bits per heavy atom. The zero-order valence-electron chi connectivity index (χ0n) is 11.3. The molecular weight excluding hydrogens is 242 g/mol. The van der Waals surface area contributed by atoms with Gasteiger partial charge in [-0.2, -0.15) is 5.26 Å². The summed E-state index contributed by atoms with van der Waals surface area (Å²) in [5, 5.41) is 11.4. The van der Waals surface area contributed by atoms with Gasteiger partial charge in [0.05, 0.1) is 6.07 Å². The summed E-state index contributed by atoms with van der Waals surface area (Å²) < 4.78 is 0. The van der Waals surface area contributed by atoms with Gasteiger partial charge in [-0.05, 0) is 45.0 Å². The Balaban J connectivity index is 2.76. The van der Waals surface area contributed by atoms with Crippen LogP contribution in [0.3, 0.4) is 0 Å². The van der Waals surface area contributed by atoms with Crippen LogP contribution in [0.5, 0.6) is 0 Å². The second-order valence-corrected chi connectivity index (χ2v) is 4.44. The quantitative estimate of drug-likeness (QED) is 0.667. The Kier molecular flexibility index (Phi) is 5.07. The number of hydrogen-bond acceptors (Lipinski definition) is 3. The fourth-order valence-corrected chi connectivity index (χ4v) is 1.55. The lowest BCUT2D eigenvalue weighted by Gasteiger charge is -2.24. The van der Waals surface area contributed by atoms with Crippen LogP contribution in [0.4, 0.5) is 10.5 Å². The molecule has 1 aromatic rings. The number of nitrogens with zero attached hydrogens (tertiary/aromatic N) is 2. The predicted molar refractivity (Wildman–Crippen MR) is 72.9 cm³/mol. The molecule has 0 unspecified atom stereocenters. The number of anilines is 1. The Bertz CT molecular complexity index is 500. The third-order valence-electron chi connectivity index (χ3n) is 2.67. The summed E-state index contributed by atoms with van der Waals surface area (Å²) in [5.74, 6) is -0.0221. The highest BCUT2D eigenvalue weighted by molar-refractivity contribution is 5.95. The molecule has 1 rings (SSSR count). The SMILES string of the molecule is CC(=O)c1ccc(NC(=O)N(CC#N)C(C)C)cc1. The van der Waals surface area contributed by atoms with E-state index in [2.05, 4.69) is 5.32 Å². The van der Waals surface area contributed by atoms with E-state index in [-0.39, 0.29) is 24.4 Å². The summed E-state index contributed by atoms with van der Waals surface area (Å²) in [7, 11) is 0. The minimum Gasteiger partial charge on any atom is -0.309 e. The van der Waals surface area contributed by atoms with Gasteiger partial charge < -0.3 is 10.2 Å². The topological polar surface area (TPSA) is 73.2 Å². The second kappa shape index (κ2) is 6.55. The number of benzene rings is 1. The van der Waals surface area contributed by atoms with Crippen LogP contribution in [-0.2, 0) is 0 Å². The van der Waals surface area contributed by atoms with E-state index in [1.54, 1.807) is 24.3 Å². The maximum atomic E-state index is 12.0. The molecule has 0 atom stereocenters. The molecule has 0 heterocycles. The van der Waals surface area contributed by atoms with E-state index in [0.717, 1.165) is 0 Å². The lowest BCUT2D eigenvalue weighted by Crippen LogP contribution is -2.40. The Hall–Kier alpha value is -2.35. The van der Waals surface area contributed by atoms with Gasteiger partial charge in [-0.1, -0.05) is 0 Å². The van der Waals surface area contributed by atoms with Crippen LogP contribution in [0.1, 0.15) is 31.1 Å². The van der Waals surface area contributed by atoms with E-state index in [4.69, 9.17) is 5.26 Å². The standard InChI is InChI=1S/C14H17N3O2/c1-10(2)17(9-8-15)14(19)16-13-6-4-12(5-7-13)11(3)18/h4-7,10H,9H2,1-3H3,(H,16,19). The third-order valence-corrected chi connectivity index (χ3v) is 2.67. The zero-order chi connectivity index (χ0) is 14.4. The molecule has 0 bridgehead atoms. The molecule has 100 valence electrons. The van der Waals surface area contributed by atoms with Gasteiger partial charge in [0.15, 0.2) is 5.78 Å². The van der Waals surface area contributed by atoms with Crippen molar-refractivity contribution in [3.63, 3.8) is 0 Å². The second-order valence-electron chi connectivity index (χ2n) is 4.44. The molecule has 0 aliphatic heterocycles. The third kappa shape index (κ3) is 4.11. The largest absolute Gasteiger partial charge is 0.322 e. The smallest absolute Gasteiger partial charge is 0.309 e. The number of nitrogens with one attached hydrogen (secondary N) is 1. The van der Waals surface area contributed by atoms with E-state index in [0.29, 0.717) is 11.3 Å². The van der Waals surface area contributed by atoms with Gasteiger partial charge in [0.2, 0.25) is 0 Å². The summed E-state index contributed by atoms with van der Waals surface area (Å²) in [4.78, 5) is 24.5. The minimum absolute atomic E-state index is 0.0221. The first-order chi connectivity index (χ1) is 8.95. The van der Waals surface area contributed by atoms with Crippen LogP contribution in [0.25, 0.3) is 0 Å². The van der Waals surface area contributed by atoms with Crippen molar-refractivity contribution in [1.82, 2.24) is 4.90 Å². The minimum atomic E-state index is -0.327. The molecule has 0 spiro atoms. The van der Waals surface area contributed by atoms with Crippen LogP contribution in [-0.4, -0.2) is 29.3 Å². The van der Waals surface area contributed by atoms with Gasteiger partial charge >= 0.3 is 6.03 Å². The van der Waals surface area contributed by atoms with E-state index in [9.17, 15) is 9.59 Å². The van der Waals surface area contributed by atoms with E-state index in [1.807, 2.05) is 19.9 Å². The molecular formula is C14H17N3O2.